The molecule has 1 aromatic carbocycles. The van der Waals surface area contributed by atoms with E-state index in [0.717, 1.165) is 5.56 Å². The van der Waals surface area contributed by atoms with Crippen molar-refractivity contribution >= 4 is 18.0 Å². The van der Waals surface area contributed by atoms with Crippen molar-refractivity contribution in [2.24, 2.45) is 0 Å². The zero-order chi connectivity index (χ0) is 18.2. The molecule has 0 bridgehead atoms. The van der Waals surface area contributed by atoms with E-state index in [0.29, 0.717) is 6.42 Å². The van der Waals surface area contributed by atoms with Gasteiger partial charge in [0.25, 0.3) is 0 Å². The van der Waals surface area contributed by atoms with Crippen molar-refractivity contribution in [3.8, 4) is 0 Å². The maximum Gasteiger partial charge on any atom is 0.338 e. The van der Waals surface area contributed by atoms with Gasteiger partial charge in [-0.05, 0) is 18.9 Å². The van der Waals surface area contributed by atoms with Gasteiger partial charge in [-0.25, -0.2) is 9.59 Å². The van der Waals surface area contributed by atoms with Gasteiger partial charge < -0.3 is 20.1 Å². The highest BCUT2D eigenvalue weighted by molar-refractivity contribution is 5.95. The summed E-state index contributed by atoms with van der Waals surface area (Å²) in [6, 6.07) is 7.93. The van der Waals surface area contributed by atoms with Crippen LogP contribution in [0.2, 0.25) is 0 Å². The van der Waals surface area contributed by atoms with Crippen LogP contribution in [-0.2, 0) is 19.1 Å². The molecule has 1 aliphatic rings. The van der Waals surface area contributed by atoms with Gasteiger partial charge in [0.05, 0.1) is 23.9 Å². The molecular weight excluding hydrogens is 324 g/mol. The Balaban J connectivity index is 2.36. The Kier molecular flexibility index (Phi) is 6.56. The Morgan fingerprint density at radius 2 is 1.84 bits per heavy atom. The van der Waals surface area contributed by atoms with Crippen molar-refractivity contribution in [1.29, 1.82) is 0 Å². The van der Waals surface area contributed by atoms with Crippen LogP contribution in [0.15, 0.2) is 41.6 Å². The summed E-state index contributed by atoms with van der Waals surface area (Å²) in [6.45, 7) is 3.57. The first-order valence-corrected chi connectivity index (χ1v) is 8.25. The molecule has 1 heterocycles. The lowest BCUT2D eigenvalue weighted by Gasteiger charge is -2.29. The summed E-state index contributed by atoms with van der Waals surface area (Å²) in [4.78, 5) is 36.1. The fraction of sp³-hybridized carbons (Fsp3) is 0.389. The number of hydrogen-bond donors (Lipinski definition) is 2. The average molecular weight is 346 g/mol. The van der Waals surface area contributed by atoms with Gasteiger partial charge in [-0.2, -0.15) is 0 Å². The lowest BCUT2D eigenvalue weighted by Crippen LogP contribution is -2.47. The molecule has 0 unspecified atom stereocenters. The summed E-state index contributed by atoms with van der Waals surface area (Å²) in [5, 5.41) is 5.27. The van der Waals surface area contributed by atoms with Crippen molar-refractivity contribution in [2.75, 3.05) is 13.2 Å². The van der Waals surface area contributed by atoms with Crippen LogP contribution in [0.4, 0.5) is 4.79 Å². The second kappa shape index (κ2) is 8.86. The summed E-state index contributed by atoms with van der Waals surface area (Å²) in [5.41, 5.74) is 1.20. The Bertz CT molecular complexity index is 669. The van der Waals surface area contributed by atoms with E-state index in [1.54, 1.807) is 19.1 Å². The number of urea groups is 1. The van der Waals surface area contributed by atoms with Gasteiger partial charge in [-0.1, -0.05) is 37.3 Å². The molecule has 0 saturated heterocycles. The molecule has 134 valence electrons. The molecule has 7 nitrogen and oxygen atoms in total. The predicted octanol–water partition coefficient (Wildman–Crippen LogP) is 2.20. The number of benzene rings is 1. The van der Waals surface area contributed by atoms with E-state index in [1.165, 1.54) is 0 Å². The summed E-state index contributed by atoms with van der Waals surface area (Å²) >= 11 is 0. The number of nitrogens with one attached hydrogen (secondary N) is 2. The minimum Gasteiger partial charge on any atom is -0.463 e. The first-order valence-electron chi connectivity index (χ1n) is 8.25. The summed E-state index contributed by atoms with van der Waals surface area (Å²) < 4.78 is 10.3. The summed E-state index contributed by atoms with van der Waals surface area (Å²) in [5.74, 6) is -0.951. The van der Waals surface area contributed by atoms with E-state index in [4.69, 9.17) is 9.47 Å². The van der Waals surface area contributed by atoms with Crippen molar-refractivity contribution in [3.63, 3.8) is 0 Å². The molecule has 0 aliphatic carbocycles. The van der Waals surface area contributed by atoms with Gasteiger partial charge in [0, 0.05) is 6.42 Å². The molecular formula is C18H22N2O5. The minimum atomic E-state index is -0.672. The molecule has 1 aromatic rings. The average Bonchev–Trinajstić information content (AvgIpc) is 2.60. The van der Waals surface area contributed by atoms with Crippen LogP contribution in [-0.4, -0.2) is 31.2 Å². The Morgan fingerprint density at radius 1 is 1.12 bits per heavy atom. The second-order valence-corrected chi connectivity index (χ2v) is 5.47. The van der Waals surface area contributed by atoms with Crippen LogP contribution in [0.25, 0.3) is 0 Å². The van der Waals surface area contributed by atoms with Crippen molar-refractivity contribution in [1.82, 2.24) is 10.6 Å². The smallest absolute Gasteiger partial charge is 0.338 e. The van der Waals surface area contributed by atoms with E-state index in [2.05, 4.69) is 10.6 Å². The Hall–Kier alpha value is -2.83. The molecule has 25 heavy (non-hydrogen) atoms. The summed E-state index contributed by atoms with van der Waals surface area (Å²) in [7, 11) is 0. The highest BCUT2D eigenvalue weighted by Crippen LogP contribution is 2.27. The number of ether oxygens (including phenoxy) is 2. The van der Waals surface area contributed by atoms with Crippen LogP contribution >= 0.6 is 0 Å². The predicted molar refractivity (Wildman–Crippen MR) is 90.4 cm³/mol. The first kappa shape index (κ1) is 18.5. The lowest BCUT2D eigenvalue weighted by molar-refractivity contribution is -0.143. The van der Waals surface area contributed by atoms with Gasteiger partial charge in [0.2, 0.25) is 0 Å². The third-order valence-corrected chi connectivity index (χ3v) is 3.61. The van der Waals surface area contributed by atoms with E-state index in [-0.39, 0.29) is 36.9 Å². The van der Waals surface area contributed by atoms with Crippen LogP contribution in [0.1, 0.15) is 38.3 Å². The molecule has 1 aliphatic heterocycles. The molecule has 0 fully saturated rings. The van der Waals surface area contributed by atoms with E-state index in [9.17, 15) is 14.4 Å². The van der Waals surface area contributed by atoms with Crippen LogP contribution in [0.5, 0.6) is 0 Å². The molecule has 7 heteroatoms. The number of carbonyl (C=O) groups excluding carboxylic acids is 3. The Morgan fingerprint density at radius 3 is 2.48 bits per heavy atom. The largest absolute Gasteiger partial charge is 0.463 e. The van der Waals surface area contributed by atoms with E-state index in [1.807, 2.05) is 25.1 Å². The minimum absolute atomic E-state index is 0.191. The molecule has 0 saturated carbocycles. The number of amides is 2. The summed E-state index contributed by atoms with van der Waals surface area (Å²) in [6.07, 6.45) is 0.930. The molecule has 2 N–H and O–H groups in total. The van der Waals surface area contributed by atoms with Crippen molar-refractivity contribution in [3.05, 3.63) is 47.2 Å². The van der Waals surface area contributed by atoms with Crippen LogP contribution < -0.4 is 10.6 Å². The zero-order valence-corrected chi connectivity index (χ0v) is 14.3. The molecule has 0 spiro atoms. The molecule has 1 atom stereocenters. The standard InChI is InChI=1S/C18H22N2O5/c1-3-8-14(21)25-11-13-15(17(22)24-4-2)16(20-18(23)19-13)12-9-6-5-7-10-12/h5-7,9-10,16H,3-4,8,11H2,1-2H3,(H2,19,20,23)/t16-/m0/s1. The molecule has 2 rings (SSSR count). The SMILES string of the molecule is CCCC(=O)OCC1=C(C(=O)OCC)[C@H](c2ccccc2)NC(=O)N1. The third-order valence-electron chi connectivity index (χ3n) is 3.61. The Labute approximate surface area is 146 Å². The van der Waals surface area contributed by atoms with Gasteiger partial charge in [0.15, 0.2) is 0 Å². The number of carbonyl (C=O) groups is 3. The number of esters is 2. The van der Waals surface area contributed by atoms with E-state index >= 15 is 0 Å². The van der Waals surface area contributed by atoms with Crippen LogP contribution in [0, 0.1) is 0 Å². The lowest BCUT2D eigenvalue weighted by atomic mass is 9.95. The molecule has 0 aromatic heterocycles. The van der Waals surface area contributed by atoms with Crippen molar-refractivity contribution < 1.29 is 23.9 Å². The highest BCUT2D eigenvalue weighted by atomic mass is 16.5. The van der Waals surface area contributed by atoms with E-state index < -0.39 is 18.0 Å². The van der Waals surface area contributed by atoms with Crippen LogP contribution in [0.3, 0.4) is 0 Å². The number of rotatable bonds is 7. The van der Waals surface area contributed by atoms with Gasteiger partial charge in [-0.15, -0.1) is 0 Å². The third kappa shape index (κ3) is 4.82. The maximum absolute atomic E-state index is 12.5. The normalized spacial score (nSPS) is 16.7. The molecule has 2 amide bonds. The number of hydrogen-bond acceptors (Lipinski definition) is 5. The van der Waals surface area contributed by atoms with Crippen molar-refractivity contribution in [2.45, 2.75) is 32.7 Å². The van der Waals surface area contributed by atoms with Gasteiger partial charge in [0.1, 0.15) is 6.61 Å². The zero-order valence-electron chi connectivity index (χ0n) is 14.3. The second-order valence-electron chi connectivity index (χ2n) is 5.47. The highest BCUT2D eigenvalue weighted by Gasteiger charge is 2.34. The fourth-order valence-corrected chi connectivity index (χ4v) is 2.51. The first-order chi connectivity index (χ1) is 12.1. The van der Waals surface area contributed by atoms with Gasteiger partial charge >= 0.3 is 18.0 Å². The molecule has 0 radical (unpaired) electrons. The quantitative estimate of drug-likeness (QED) is 0.738. The fourth-order valence-electron chi connectivity index (χ4n) is 2.51. The maximum atomic E-state index is 12.5. The monoisotopic (exact) mass is 346 g/mol. The van der Waals surface area contributed by atoms with Gasteiger partial charge in [-0.3, -0.25) is 4.79 Å². The topological polar surface area (TPSA) is 93.7 Å².